The third-order valence-electron chi connectivity index (χ3n) is 4.49. The fraction of sp³-hybridized carbons (Fsp3) is 0.389. The Morgan fingerprint density at radius 1 is 1.21 bits per heavy atom. The minimum absolute atomic E-state index is 0.259. The average Bonchev–Trinajstić information content (AvgIpc) is 3.09. The van der Waals surface area contributed by atoms with Crippen molar-refractivity contribution >= 4 is 17.3 Å². The van der Waals surface area contributed by atoms with Gasteiger partial charge in [0.15, 0.2) is 11.3 Å². The van der Waals surface area contributed by atoms with Crippen molar-refractivity contribution < 1.29 is 18.0 Å². The topological polar surface area (TPSA) is 92.2 Å². The minimum atomic E-state index is -4.48. The number of aromatic nitrogens is 3. The number of hydrogen-bond donors (Lipinski definition) is 2. The second-order valence-corrected chi connectivity index (χ2v) is 6.54. The van der Waals surface area contributed by atoms with Gasteiger partial charge in [0.1, 0.15) is 17.9 Å². The molecule has 0 fully saturated rings. The number of amides is 1. The summed E-state index contributed by atoms with van der Waals surface area (Å²) >= 11 is 0. The molecule has 1 aliphatic heterocycles. The number of anilines is 1. The van der Waals surface area contributed by atoms with Crippen molar-refractivity contribution in [1.29, 1.82) is 0 Å². The molecule has 10 heteroatoms. The van der Waals surface area contributed by atoms with E-state index in [1.807, 2.05) is 11.4 Å². The minimum Gasteiger partial charge on any atom is -0.356 e. The van der Waals surface area contributed by atoms with E-state index in [0.717, 1.165) is 10.8 Å². The van der Waals surface area contributed by atoms with Crippen LogP contribution >= 0.6 is 0 Å². The zero-order valence-corrected chi connectivity index (χ0v) is 15.3. The molecule has 0 saturated heterocycles. The molecule has 1 aliphatic rings. The Balaban J connectivity index is 1.84. The Labute approximate surface area is 158 Å². The van der Waals surface area contributed by atoms with Crippen molar-refractivity contribution in [3.05, 3.63) is 47.1 Å². The number of halogens is 3. The van der Waals surface area contributed by atoms with E-state index in [1.54, 1.807) is 25.3 Å². The highest BCUT2D eigenvalue weighted by Gasteiger charge is 2.35. The van der Waals surface area contributed by atoms with Gasteiger partial charge in [0.2, 0.25) is 5.91 Å². The van der Waals surface area contributed by atoms with E-state index in [0.29, 0.717) is 23.7 Å². The number of nitrogens with one attached hydrogen (secondary N) is 2. The molecular formula is C18H19F3N6O. The summed E-state index contributed by atoms with van der Waals surface area (Å²) in [5.74, 6) is 0.00144. The largest absolute Gasteiger partial charge is 0.405 e. The van der Waals surface area contributed by atoms with E-state index in [1.165, 1.54) is 13.1 Å². The summed E-state index contributed by atoms with van der Waals surface area (Å²) in [6.45, 7) is 2.22. The quantitative estimate of drug-likeness (QED) is 0.764. The summed E-state index contributed by atoms with van der Waals surface area (Å²) < 4.78 is 37.2. The summed E-state index contributed by atoms with van der Waals surface area (Å²) in [5.41, 5.74) is 0.150. The predicted octanol–water partition coefficient (Wildman–Crippen LogP) is 0.963. The van der Waals surface area contributed by atoms with Crippen LogP contribution in [0.5, 0.6) is 0 Å². The summed E-state index contributed by atoms with van der Waals surface area (Å²) in [4.78, 5) is 29.5. The second kappa shape index (κ2) is 7.53. The molecule has 3 rings (SSSR count). The van der Waals surface area contributed by atoms with Gasteiger partial charge in [-0.3, -0.25) is 9.79 Å². The Hall–Kier alpha value is -3.04. The first-order valence-electron chi connectivity index (χ1n) is 8.67. The van der Waals surface area contributed by atoms with Crippen molar-refractivity contribution in [3.63, 3.8) is 0 Å². The molecular weight excluding hydrogens is 373 g/mol. The van der Waals surface area contributed by atoms with E-state index in [4.69, 9.17) is 0 Å². The van der Waals surface area contributed by atoms with Gasteiger partial charge >= 0.3 is 6.18 Å². The summed E-state index contributed by atoms with van der Waals surface area (Å²) in [5, 5.41) is 5.69. The number of alkyl halides is 3. The van der Waals surface area contributed by atoms with Gasteiger partial charge in [0.05, 0.1) is 6.54 Å². The van der Waals surface area contributed by atoms with Gasteiger partial charge in [-0.1, -0.05) is 6.92 Å². The van der Waals surface area contributed by atoms with Crippen molar-refractivity contribution in [2.45, 2.75) is 32.0 Å². The highest BCUT2D eigenvalue weighted by molar-refractivity contribution is 5.88. The lowest BCUT2D eigenvalue weighted by Crippen LogP contribution is -2.52. The Bertz CT molecular complexity index is 1010. The number of carbonyl (C=O) groups excluding carboxylic acids is 1. The fourth-order valence-corrected chi connectivity index (χ4v) is 2.73. The van der Waals surface area contributed by atoms with Gasteiger partial charge in [-0.05, 0) is 31.5 Å². The fourth-order valence-electron chi connectivity index (χ4n) is 2.73. The Morgan fingerprint density at radius 3 is 2.71 bits per heavy atom. The molecule has 0 aromatic carbocycles. The van der Waals surface area contributed by atoms with Crippen molar-refractivity contribution in [2.75, 3.05) is 18.4 Å². The van der Waals surface area contributed by atoms with Crippen LogP contribution in [0.15, 0.2) is 35.6 Å². The summed E-state index contributed by atoms with van der Waals surface area (Å²) in [7, 11) is 0. The zero-order valence-electron chi connectivity index (χ0n) is 15.3. The monoisotopic (exact) mass is 392 g/mol. The number of carbonyl (C=O) groups is 1. The number of rotatable bonds is 6. The van der Waals surface area contributed by atoms with Gasteiger partial charge in [-0.25, -0.2) is 15.0 Å². The van der Waals surface area contributed by atoms with Crippen molar-refractivity contribution in [2.24, 2.45) is 4.99 Å². The van der Waals surface area contributed by atoms with Crippen molar-refractivity contribution in [3.8, 4) is 0 Å². The van der Waals surface area contributed by atoms with Crippen LogP contribution < -0.4 is 21.3 Å². The van der Waals surface area contributed by atoms with E-state index in [-0.39, 0.29) is 6.42 Å². The summed E-state index contributed by atoms with van der Waals surface area (Å²) in [6, 6.07) is 5.23. The molecule has 0 aliphatic carbocycles. The lowest BCUT2D eigenvalue weighted by atomic mass is 9.97. The second-order valence-electron chi connectivity index (χ2n) is 6.54. The normalized spacial score (nSPS) is 15.4. The van der Waals surface area contributed by atoms with E-state index in [2.05, 4.69) is 25.3 Å². The molecule has 0 unspecified atom stereocenters. The summed E-state index contributed by atoms with van der Waals surface area (Å²) in [6.07, 6.45) is -1.04. The molecule has 2 aromatic rings. The first-order chi connectivity index (χ1) is 13.2. The molecule has 7 nitrogen and oxygen atoms in total. The molecule has 1 amide bonds. The van der Waals surface area contributed by atoms with Crippen LogP contribution in [-0.4, -0.2) is 45.7 Å². The maximum absolute atomic E-state index is 12.4. The van der Waals surface area contributed by atoms with Gasteiger partial charge in [-0.15, -0.1) is 0 Å². The smallest absolute Gasteiger partial charge is 0.356 e. The van der Waals surface area contributed by atoms with E-state index < -0.39 is 24.2 Å². The van der Waals surface area contributed by atoms with Gasteiger partial charge in [0.25, 0.3) is 0 Å². The predicted molar refractivity (Wildman–Crippen MR) is 95.8 cm³/mol. The van der Waals surface area contributed by atoms with Crippen LogP contribution in [-0.2, 0) is 4.79 Å². The lowest BCUT2D eigenvalue weighted by molar-refractivity contribution is -0.140. The molecule has 0 spiro atoms. The first kappa shape index (κ1) is 19.7. The Kier molecular flexibility index (Phi) is 5.30. The number of hydrogen-bond acceptors (Lipinski definition) is 6. The molecule has 28 heavy (non-hydrogen) atoms. The maximum atomic E-state index is 12.4. The number of fused-ring (bicyclic) bond motifs is 1. The van der Waals surface area contributed by atoms with Crippen LogP contribution in [0.3, 0.4) is 0 Å². The Morgan fingerprint density at radius 2 is 2.00 bits per heavy atom. The highest BCUT2D eigenvalue weighted by atomic mass is 19.4. The third-order valence-corrected chi connectivity index (χ3v) is 4.49. The lowest BCUT2D eigenvalue weighted by Gasteiger charge is -2.29. The van der Waals surface area contributed by atoms with Crippen LogP contribution in [0, 0.1) is 0 Å². The van der Waals surface area contributed by atoms with Crippen molar-refractivity contribution in [1.82, 2.24) is 20.3 Å². The van der Waals surface area contributed by atoms with Gasteiger partial charge in [-0.2, -0.15) is 13.2 Å². The van der Waals surface area contributed by atoms with E-state index >= 15 is 0 Å². The van der Waals surface area contributed by atoms with E-state index in [9.17, 15) is 18.0 Å². The maximum Gasteiger partial charge on any atom is 0.405 e. The first-order valence-corrected chi connectivity index (χ1v) is 8.67. The van der Waals surface area contributed by atoms with Crippen LogP contribution in [0.4, 0.5) is 19.0 Å². The molecule has 148 valence electrons. The number of pyridine rings is 1. The van der Waals surface area contributed by atoms with Crippen LogP contribution in [0.1, 0.15) is 26.1 Å². The molecule has 1 atom stereocenters. The van der Waals surface area contributed by atoms with Gasteiger partial charge in [0, 0.05) is 23.2 Å². The molecule has 0 radical (unpaired) electrons. The SMILES string of the molecule is CC[C@@](C)(Nc1ccnc(C2=c3cccnc3=NC2)n1)C(=O)NCC(F)(F)F. The third kappa shape index (κ3) is 4.26. The highest BCUT2D eigenvalue weighted by Crippen LogP contribution is 2.20. The van der Waals surface area contributed by atoms with Gasteiger partial charge < -0.3 is 10.6 Å². The zero-order chi connectivity index (χ0) is 20.4. The standard InChI is InChI=1S/C18H19F3N6O/c1-3-17(2,16(28)25-10-18(19,20)21)27-13-6-8-23-15(26-13)12-9-24-14-11(12)5-4-7-22-14/h4-8H,3,9-10H2,1-2H3,(H,25,28)(H,23,26,27)/t17-/m1/s1. The van der Waals surface area contributed by atoms with Crippen LogP contribution in [0.2, 0.25) is 0 Å². The molecule has 2 aromatic heterocycles. The van der Waals surface area contributed by atoms with Crippen LogP contribution in [0.25, 0.3) is 5.57 Å². The number of nitrogens with zero attached hydrogens (tertiary/aromatic N) is 4. The molecule has 3 heterocycles. The average molecular weight is 392 g/mol. The molecule has 2 N–H and O–H groups in total. The molecule has 0 bridgehead atoms. The molecule has 0 saturated carbocycles.